The van der Waals surface area contributed by atoms with Crippen LogP contribution in [0.2, 0.25) is 0 Å². The predicted molar refractivity (Wildman–Crippen MR) is 108 cm³/mol. The van der Waals surface area contributed by atoms with E-state index in [0.29, 0.717) is 5.56 Å². The van der Waals surface area contributed by atoms with E-state index in [1.54, 1.807) is 26.0 Å². The topological polar surface area (TPSA) is 66.8 Å². The summed E-state index contributed by atoms with van der Waals surface area (Å²) in [7, 11) is 0. The van der Waals surface area contributed by atoms with E-state index >= 15 is 0 Å². The standard InChI is InChI=1S/C23H23NO4/c1-16(2)24(23(27)28-15-17-9-4-3-5-10-17)21(22(25)26)20-14-8-12-18-11-6-7-13-19(18)20/h3-14,16,21H,15H2,1-2H3,(H,25,26). The second-order valence-corrected chi connectivity index (χ2v) is 6.85. The third-order valence-electron chi connectivity index (χ3n) is 4.60. The molecule has 5 nitrogen and oxygen atoms in total. The molecule has 1 atom stereocenters. The molecule has 0 bridgehead atoms. The number of fused-ring (bicyclic) bond motifs is 1. The molecular formula is C23H23NO4. The first-order chi connectivity index (χ1) is 13.5. The molecule has 0 radical (unpaired) electrons. The predicted octanol–water partition coefficient (Wildman–Crippen LogP) is 5.01. The molecule has 1 unspecified atom stereocenters. The number of nitrogens with zero attached hydrogens (tertiary/aromatic N) is 1. The highest BCUT2D eigenvalue weighted by Crippen LogP contribution is 2.30. The van der Waals surface area contributed by atoms with E-state index < -0.39 is 18.1 Å². The summed E-state index contributed by atoms with van der Waals surface area (Å²) in [4.78, 5) is 26.4. The van der Waals surface area contributed by atoms with E-state index in [4.69, 9.17) is 4.74 Å². The Kier molecular flexibility index (Phi) is 5.94. The Labute approximate surface area is 164 Å². The number of hydrogen-bond acceptors (Lipinski definition) is 3. The van der Waals surface area contributed by atoms with Gasteiger partial charge in [-0.3, -0.25) is 4.90 Å². The van der Waals surface area contributed by atoms with Crippen molar-refractivity contribution >= 4 is 22.8 Å². The minimum atomic E-state index is -1.14. The zero-order valence-corrected chi connectivity index (χ0v) is 15.9. The number of amides is 1. The lowest BCUT2D eigenvalue weighted by Crippen LogP contribution is -2.43. The molecule has 3 aromatic rings. The summed E-state index contributed by atoms with van der Waals surface area (Å²) in [5, 5.41) is 11.7. The number of carbonyl (C=O) groups excluding carboxylic acids is 1. The van der Waals surface area contributed by atoms with Crippen LogP contribution in [0.3, 0.4) is 0 Å². The van der Waals surface area contributed by atoms with Gasteiger partial charge in [-0.2, -0.15) is 0 Å². The van der Waals surface area contributed by atoms with Crippen LogP contribution in [-0.2, 0) is 16.1 Å². The number of benzene rings is 3. The zero-order valence-electron chi connectivity index (χ0n) is 15.9. The summed E-state index contributed by atoms with van der Waals surface area (Å²) in [6, 6.07) is 20.8. The fraction of sp³-hybridized carbons (Fsp3) is 0.217. The van der Waals surface area contributed by atoms with Crippen LogP contribution in [0.25, 0.3) is 10.8 Å². The molecule has 1 N–H and O–H groups in total. The largest absolute Gasteiger partial charge is 0.479 e. The van der Waals surface area contributed by atoms with Crippen molar-refractivity contribution in [2.24, 2.45) is 0 Å². The molecule has 0 aliphatic heterocycles. The molecule has 0 fully saturated rings. The smallest absolute Gasteiger partial charge is 0.411 e. The Bertz CT molecular complexity index is 963. The van der Waals surface area contributed by atoms with Gasteiger partial charge in [-0.25, -0.2) is 9.59 Å². The molecule has 0 spiro atoms. The first-order valence-corrected chi connectivity index (χ1v) is 9.18. The number of carboxylic acid groups (broad SMARTS) is 1. The molecule has 0 saturated heterocycles. The summed E-state index contributed by atoms with van der Waals surface area (Å²) in [5.74, 6) is -1.10. The fourth-order valence-electron chi connectivity index (χ4n) is 3.30. The van der Waals surface area contributed by atoms with Gasteiger partial charge >= 0.3 is 12.1 Å². The highest BCUT2D eigenvalue weighted by molar-refractivity contribution is 5.92. The van der Waals surface area contributed by atoms with Crippen LogP contribution in [0.5, 0.6) is 0 Å². The van der Waals surface area contributed by atoms with Crippen LogP contribution in [0.15, 0.2) is 72.8 Å². The number of hydrogen-bond donors (Lipinski definition) is 1. The van der Waals surface area contributed by atoms with Gasteiger partial charge in [0.2, 0.25) is 0 Å². The molecule has 3 rings (SSSR count). The molecule has 3 aromatic carbocycles. The average molecular weight is 377 g/mol. The average Bonchev–Trinajstić information content (AvgIpc) is 2.70. The number of aliphatic carboxylic acids is 1. The van der Waals surface area contributed by atoms with Gasteiger partial charge in [-0.15, -0.1) is 0 Å². The van der Waals surface area contributed by atoms with Crippen LogP contribution in [-0.4, -0.2) is 28.1 Å². The van der Waals surface area contributed by atoms with Crippen molar-refractivity contribution in [1.82, 2.24) is 4.90 Å². The monoisotopic (exact) mass is 377 g/mol. The fourth-order valence-corrected chi connectivity index (χ4v) is 3.30. The lowest BCUT2D eigenvalue weighted by molar-refractivity contribution is -0.143. The quantitative estimate of drug-likeness (QED) is 0.655. The van der Waals surface area contributed by atoms with Crippen LogP contribution in [0.1, 0.15) is 31.0 Å². The van der Waals surface area contributed by atoms with Crippen LogP contribution in [0, 0.1) is 0 Å². The Morgan fingerprint density at radius 2 is 1.57 bits per heavy atom. The maximum Gasteiger partial charge on any atom is 0.411 e. The normalized spacial score (nSPS) is 12.0. The Balaban J connectivity index is 1.95. The maximum atomic E-state index is 12.9. The molecule has 1 amide bonds. The van der Waals surface area contributed by atoms with Gasteiger partial charge in [-0.1, -0.05) is 72.8 Å². The maximum absolute atomic E-state index is 12.9. The molecule has 0 heterocycles. The molecule has 144 valence electrons. The number of ether oxygens (including phenoxy) is 1. The minimum absolute atomic E-state index is 0.0881. The van der Waals surface area contributed by atoms with Gasteiger partial charge in [-0.05, 0) is 35.7 Å². The first kappa shape index (κ1) is 19.4. The van der Waals surface area contributed by atoms with Crippen LogP contribution in [0.4, 0.5) is 4.79 Å². The number of rotatable bonds is 6. The summed E-state index contributed by atoms with van der Waals surface area (Å²) in [6.45, 7) is 3.65. The van der Waals surface area contributed by atoms with Gasteiger partial charge < -0.3 is 9.84 Å². The van der Waals surface area contributed by atoms with Crippen molar-refractivity contribution in [3.63, 3.8) is 0 Å². The third-order valence-corrected chi connectivity index (χ3v) is 4.60. The highest BCUT2D eigenvalue weighted by Gasteiger charge is 2.35. The summed E-state index contributed by atoms with van der Waals surface area (Å²) < 4.78 is 5.44. The van der Waals surface area contributed by atoms with Crippen molar-refractivity contribution < 1.29 is 19.4 Å². The molecule has 0 saturated carbocycles. The zero-order chi connectivity index (χ0) is 20.1. The molecule has 0 aromatic heterocycles. The summed E-state index contributed by atoms with van der Waals surface area (Å²) in [6.07, 6.45) is -0.654. The molecule has 0 aliphatic carbocycles. The number of carbonyl (C=O) groups is 2. The summed E-state index contributed by atoms with van der Waals surface area (Å²) >= 11 is 0. The Morgan fingerprint density at radius 1 is 0.929 bits per heavy atom. The van der Waals surface area contributed by atoms with E-state index in [1.807, 2.05) is 60.7 Å². The van der Waals surface area contributed by atoms with Crippen molar-refractivity contribution in [2.45, 2.75) is 32.5 Å². The SMILES string of the molecule is CC(C)N(C(=O)OCc1ccccc1)C(C(=O)O)c1cccc2ccccc12. The van der Waals surface area contributed by atoms with E-state index in [0.717, 1.165) is 16.3 Å². The first-order valence-electron chi connectivity index (χ1n) is 9.18. The highest BCUT2D eigenvalue weighted by atomic mass is 16.6. The summed E-state index contributed by atoms with van der Waals surface area (Å²) in [5.41, 5.74) is 1.41. The molecular weight excluding hydrogens is 354 g/mol. The van der Waals surface area contributed by atoms with E-state index in [1.165, 1.54) is 4.90 Å². The van der Waals surface area contributed by atoms with Crippen LogP contribution < -0.4 is 0 Å². The van der Waals surface area contributed by atoms with Gasteiger partial charge in [0.1, 0.15) is 6.61 Å². The lowest BCUT2D eigenvalue weighted by Gasteiger charge is -2.32. The minimum Gasteiger partial charge on any atom is -0.479 e. The van der Waals surface area contributed by atoms with E-state index in [-0.39, 0.29) is 12.6 Å². The van der Waals surface area contributed by atoms with E-state index in [9.17, 15) is 14.7 Å². The van der Waals surface area contributed by atoms with Crippen molar-refractivity contribution in [1.29, 1.82) is 0 Å². The van der Waals surface area contributed by atoms with Gasteiger partial charge in [0.15, 0.2) is 6.04 Å². The molecule has 0 aliphatic rings. The van der Waals surface area contributed by atoms with Gasteiger partial charge in [0.05, 0.1) is 0 Å². The van der Waals surface area contributed by atoms with Crippen molar-refractivity contribution in [2.75, 3.05) is 0 Å². The van der Waals surface area contributed by atoms with E-state index in [2.05, 4.69) is 0 Å². The van der Waals surface area contributed by atoms with Gasteiger partial charge in [0.25, 0.3) is 0 Å². The van der Waals surface area contributed by atoms with Crippen LogP contribution >= 0.6 is 0 Å². The van der Waals surface area contributed by atoms with Crippen molar-refractivity contribution in [3.8, 4) is 0 Å². The second kappa shape index (κ2) is 8.57. The molecule has 5 heteroatoms. The lowest BCUT2D eigenvalue weighted by atomic mass is 9.97. The number of carboxylic acids is 1. The van der Waals surface area contributed by atoms with Crippen molar-refractivity contribution in [3.05, 3.63) is 83.9 Å². The third kappa shape index (κ3) is 4.14. The van der Waals surface area contributed by atoms with Gasteiger partial charge in [0, 0.05) is 6.04 Å². The Morgan fingerprint density at radius 3 is 2.25 bits per heavy atom. The second-order valence-electron chi connectivity index (χ2n) is 6.85. The Hall–Kier alpha value is -3.34. The molecule has 28 heavy (non-hydrogen) atoms.